The number of carbonyl (C=O) groups excluding carboxylic acids is 1. The first kappa shape index (κ1) is 17.3. The van der Waals surface area contributed by atoms with Crippen molar-refractivity contribution in [2.45, 2.75) is 12.8 Å². The second-order valence-electron chi connectivity index (χ2n) is 6.35. The van der Waals surface area contributed by atoms with Gasteiger partial charge in [0.05, 0.1) is 11.6 Å². The van der Waals surface area contributed by atoms with Crippen LogP contribution in [0.5, 0.6) is 0 Å². The summed E-state index contributed by atoms with van der Waals surface area (Å²) in [5.74, 6) is 0.397. The molecule has 6 heteroatoms. The van der Waals surface area contributed by atoms with Crippen LogP contribution in [0, 0.1) is 5.92 Å². The second-order valence-corrected chi connectivity index (χ2v) is 6.73. The molecule has 1 aliphatic heterocycles. The molecule has 0 atom stereocenters. The molecule has 1 saturated heterocycles. The summed E-state index contributed by atoms with van der Waals surface area (Å²) in [5.41, 5.74) is 1.34. The van der Waals surface area contributed by atoms with Gasteiger partial charge in [-0.15, -0.1) is 0 Å². The summed E-state index contributed by atoms with van der Waals surface area (Å²) >= 11 is 6.33. The van der Waals surface area contributed by atoms with Crippen molar-refractivity contribution in [2.24, 2.45) is 5.92 Å². The highest BCUT2D eigenvalue weighted by atomic mass is 35.5. The third-order valence-corrected chi connectivity index (χ3v) is 5.13. The van der Waals surface area contributed by atoms with Crippen LogP contribution >= 0.6 is 11.6 Å². The molecular formula is C18H24ClN3O2. The number of hydrogen-bond donors (Lipinski definition) is 2. The number of halogens is 1. The minimum Gasteiger partial charge on any atom is -0.383 e. The van der Waals surface area contributed by atoms with Crippen LogP contribution in [0.2, 0.25) is 5.02 Å². The fourth-order valence-corrected chi connectivity index (χ4v) is 3.52. The Labute approximate surface area is 147 Å². The van der Waals surface area contributed by atoms with Gasteiger partial charge in [-0.2, -0.15) is 0 Å². The van der Waals surface area contributed by atoms with Crippen molar-refractivity contribution in [1.29, 1.82) is 0 Å². The van der Waals surface area contributed by atoms with Crippen LogP contribution in [0.25, 0.3) is 10.9 Å². The fourth-order valence-electron chi connectivity index (χ4n) is 3.22. The van der Waals surface area contributed by atoms with Gasteiger partial charge in [0.15, 0.2) is 0 Å². The number of hydrogen-bond acceptors (Lipinski definition) is 3. The van der Waals surface area contributed by atoms with E-state index in [1.54, 1.807) is 7.11 Å². The molecule has 1 aromatic carbocycles. The van der Waals surface area contributed by atoms with E-state index in [0.717, 1.165) is 50.0 Å². The molecule has 1 aliphatic rings. The van der Waals surface area contributed by atoms with E-state index in [2.05, 4.69) is 15.2 Å². The molecule has 1 fully saturated rings. The number of aromatic amines is 1. The lowest BCUT2D eigenvalue weighted by molar-refractivity contribution is 0.0922. The average Bonchev–Trinajstić information content (AvgIpc) is 2.96. The predicted octanol–water partition coefficient (Wildman–Crippen LogP) is 2.91. The molecule has 0 unspecified atom stereocenters. The molecule has 0 radical (unpaired) electrons. The Hall–Kier alpha value is -1.56. The molecular weight excluding hydrogens is 326 g/mol. The van der Waals surface area contributed by atoms with Gasteiger partial charge in [0.1, 0.15) is 5.69 Å². The summed E-state index contributed by atoms with van der Waals surface area (Å²) in [4.78, 5) is 18.0. The van der Waals surface area contributed by atoms with Gasteiger partial charge in [-0.25, -0.2) is 0 Å². The number of amides is 1. The topological polar surface area (TPSA) is 57.4 Å². The summed E-state index contributed by atoms with van der Waals surface area (Å²) in [6, 6.07) is 7.68. The van der Waals surface area contributed by atoms with Crippen molar-refractivity contribution in [3.63, 3.8) is 0 Å². The van der Waals surface area contributed by atoms with Crippen molar-refractivity contribution in [1.82, 2.24) is 15.2 Å². The molecule has 3 rings (SSSR count). The van der Waals surface area contributed by atoms with Crippen molar-refractivity contribution in [3.8, 4) is 0 Å². The highest BCUT2D eigenvalue weighted by Crippen LogP contribution is 2.27. The first-order valence-electron chi connectivity index (χ1n) is 8.44. The number of ether oxygens (including phenoxy) is 1. The minimum atomic E-state index is -0.127. The number of rotatable bonds is 6. The molecule has 1 aromatic heterocycles. The number of H-pyrrole nitrogens is 1. The molecule has 2 N–H and O–H groups in total. The van der Waals surface area contributed by atoms with Crippen molar-refractivity contribution in [3.05, 3.63) is 35.0 Å². The Balaban J connectivity index is 1.51. The second kappa shape index (κ2) is 8.01. The Morgan fingerprint density at radius 3 is 2.83 bits per heavy atom. The molecule has 1 amide bonds. The number of nitrogens with one attached hydrogen (secondary N) is 2. The van der Waals surface area contributed by atoms with Crippen LogP contribution in [0.4, 0.5) is 0 Å². The van der Waals surface area contributed by atoms with Gasteiger partial charge in [-0.05, 0) is 37.9 Å². The Kier molecular flexibility index (Phi) is 5.76. The molecule has 5 nitrogen and oxygen atoms in total. The molecule has 0 saturated carbocycles. The quantitative estimate of drug-likeness (QED) is 0.843. The maximum absolute atomic E-state index is 12.4. The largest absolute Gasteiger partial charge is 0.383 e. The van der Waals surface area contributed by atoms with Crippen molar-refractivity contribution < 1.29 is 9.53 Å². The number of piperidine rings is 1. The standard InChI is InChI=1S/C18H24ClN3O2/c1-24-11-10-22-8-6-13(7-9-22)12-20-18(23)17-16(19)14-4-2-3-5-15(14)21-17/h2-5,13,21H,6-12H2,1H3,(H,20,23). The predicted molar refractivity (Wildman–Crippen MR) is 96.7 cm³/mol. The van der Waals surface area contributed by atoms with Gasteiger partial charge in [0.25, 0.3) is 5.91 Å². The summed E-state index contributed by atoms with van der Waals surface area (Å²) in [6.45, 7) is 4.59. The maximum atomic E-state index is 12.4. The van der Waals surface area contributed by atoms with Gasteiger partial charge < -0.3 is 19.9 Å². The zero-order valence-electron chi connectivity index (χ0n) is 14.0. The number of fused-ring (bicyclic) bond motifs is 1. The third-order valence-electron chi connectivity index (χ3n) is 4.74. The van der Waals surface area contributed by atoms with Gasteiger partial charge in [-0.3, -0.25) is 4.79 Å². The summed E-state index contributed by atoms with van der Waals surface area (Å²) in [6.07, 6.45) is 2.20. The lowest BCUT2D eigenvalue weighted by atomic mass is 9.97. The summed E-state index contributed by atoms with van der Waals surface area (Å²) in [5, 5.41) is 4.41. The molecule has 0 aliphatic carbocycles. The van der Waals surface area contributed by atoms with Crippen LogP contribution in [0.15, 0.2) is 24.3 Å². The molecule has 0 bridgehead atoms. The molecule has 24 heavy (non-hydrogen) atoms. The first-order valence-corrected chi connectivity index (χ1v) is 8.82. The van der Waals surface area contributed by atoms with E-state index < -0.39 is 0 Å². The molecule has 0 spiro atoms. The van der Waals surface area contributed by atoms with E-state index >= 15 is 0 Å². The van der Waals surface area contributed by atoms with Crippen LogP contribution in [0.1, 0.15) is 23.3 Å². The highest BCUT2D eigenvalue weighted by Gasteiger charge is 2.21. The van der Waals surface area contributed by atoms with Gasteiger partial charge in [-0.1, -0.05) is 29.8 Å². The number of para-hydroxylation sites is 1. The van der Waals surface area contributed by atoms with Crippen LogP contribution in [0.3, 0.4) is 0 Å². The van der Waals surface area contributed by atoms with Crippen LogP contribution < -0.4 is 5.32 Å². The van der Waals surface area contributed by atoms with Crippen LogP contribution in [-0.2, 0) is 4.74 Å². The molecule has 2 heterocycles. The maximum Gasteiger partial charge on any atom is 0.269 e. The smallest absolute Gasteiger partial charge is 0.269 e. The normalized spacial score (nSPS) is 16.6. The SMILES string of the molecule is COCCN1CCC(CNC(=O)c2[nH]c3ccccc3c2Cl)CC1. The summed E-state index contributed by atoms with van der Waals surface area (Å²) in [7, 11) is 1.73. The Morgan fingerprint density at radius 2 is 2.12 bits per heavy atom. The fraction of sp³-hybridized carbons (Fsp3) is 0.500. The van der Waals surface area contributed by atoms with Crippen molar-refractivity contribution in [2.75, 3.05) is 39.9 Å². The minimum absolute atomic E-state index is 0.127. The number of likely N-dealkylation sites (tertiary alicyclic amines) is 1. The van der Waals surface area contributed by atoms with E-state index in [0.29, 0.717) is 23.2 Å². The Bertz CT molecular complexity index is 693. The number of methoxy groups -OCH3 is 1. The lowest BCUT2D eigenvalue weighted by Gasteiger charge is -2.31. The van der Waals surface area contributed by atoms with Crippen LogP contribution in [-0.4, -0.2) is 55.7 Å². The number of nitrogens with zero attached hydrogens (tertiary/aromatic N) is 1. The van der Waals surface area contributed by atoms with Crippen molar-refractivity contribution >= 4 is 28.4 Å². The van der Waals surface area contributed by atoms with E-state index in [1.807, 2.05) is 24.3 Å². The lowest BCUT2D eigenvalue weighted by Crippen LogP contribution is -2.39. The van der Waals surface area contributed by atoms with Gasteiger partial charge in [0, 0.05) is 31.1 Å². The van der Waals surface area contributed by atoms with E-state index in [9.17, 15) is 4.79 Å². The Morgan fingerprint density at radius 1 is 1.38 bits per heavy atom. The van der Waals surface area contributed by atoms with E-state index in [-0.39, 0.29) is 5.91 Å². The number of benzene rings is 1. The van der Waals surface area contributed by atoms with Gasteiger partial charge in [0.2, 0.25) is 0 Å². The average molecular weight is 350 g/mol. The van der Waals surface area contributed by atoms with E-state index in [1.165, 1.54) is 0 Å². The van der Waals surface area contributed by atoms with Gasteiger partial charge >= 0.3 is 0 Å². The van der Waals surface area contributed by atoms with E-state index in [4.69, 9.17) is 16.3 Å². The zero-order chi connectivity index (χ0) is 16.9. The third kappa shape index (κ3) is 3.91. The highest BCUT2D eigenvalue weighted by molar-refractivity contribution is 6.38. The molecule has 2 aromatic rings. The number of aromatic nitrogens is 1. The monoisotopic (exact) mass is 349 g/mol. The number of carbonyl (C=O) groups is 1. The molecule has 130 valence electrons. The first-order chi connectivity index (χ1) is 11.7. The zero-order valence-corrected chi connectivity index (χ0v) is 14.7. The summed E-state index contributed by atoms with van der Waals surface area (Å²) < 4.78 is 5.12.